The average Bonchev–Trinajstić information content (AvgIpc) is 2.95. The molecule has 2 rings (SSSR count). The van der Waals surface area contributed by atoms with Gasteiger partial charge in [0.1, 0.15) is 12.3 Å². The van der Waals surface area contributed by atoms with E-state index >= 15 is 0 Å². The van der Waals surface area contributed by atoms with Crippen molar-refractivity contribution in [2.75, 3.05) is 13.7 Å². The largest absolute Gasteiger partial charge is 0.464 e. The highest BCUT2D eigenvalue weighted by Gasteiger charge is 2.20. The summed E-state index contributed by atoms with van der Waals surface area (Å²) in [5, 5.41) is 7.79. The van der Waals surface area contributed by atoms with Gasteiger partial charge in [0.05, 0.1) is 18.5 Å². The molecule has 0 amide bonds. The zero-order valence-electron chi connectivity index (χ0n) is 11.7. The molecule has 0 atom stereocenters. The third-order valence-electron chi connectivity index (χ3n) is 2.96. The smallest absolute Gasteiger partial charge is 0.360 e. The van der Waals surface area contributed by atoms with Gasteiger partial charge in [-0.15, -0.1) is 5.10 Å². The lowest BCUT2D eigenvalue weighted by molar-refractivity contribution is 0.0592. The van der Waals surface area contributed by atoms with Crippen molar-refractivity contribution in [3.63, 3.8) is 0 Å². The van der Waals surface area contributed by atoms with E-state index in [1.54, 1.807) is 4.68 Å². The van der Waals surface area contributed by atoms with Gasteiger partial charge in [-0.1, -0.05) is 5.21 Å². The number of aryl methyl sites for hydroxylation is 2. The fourth-order valence-corrected chi connectivity index (χ4v) is 1.83. The predicted octanol–water partition coefficient (Wildman–Crippen LogP) is 0.219. The number of hydrogen-bond acceptors (Lipinski definition) is 7. The molecule has 0 unspecified atom stereocenters. The van der Waals surface area contributed by atoms with Gasteiger partial charge in [-0.25, -0.2) is 14.5 Å². The molecule has 0 saturated carbocycles. The molecule has 8 heteroatoms. The molecule has 2 aromatic rings. The van der Waals surface area contributed by atoms with E-state index in [2.05, 4.69) is 20.0 Å². The van der Waals surface area contributed by atoms with Gasteiger partial charge in [-0.05, 0) is 20.4 Å². The van der Waals surface area contributed by atoms with Crippen molar-refractivity contribution in [2.45, 2.75) is 26.8 Å². The van der Waals surface area contributed by atoms with E-state index in [1.807, 2.05) is 13.8 Å². The minimum absolute atomic E-state index is 0.179. The van der Waals surface area contributed by atoms with Crippen LogP contribution in [0.5, 0.6) is 0 Å². The highest BCUT2D eigenvalue weighted by Crippen LogP contribution is 2.13. The van der Waals surface area contributed by atoms with Crippen molar-refractivity contribution in [3.8, 4) is 0 Å². The van der Waals surface area contributed by atoms with Crippen molar-refractivity contribution >= 4 is 5.97 Å². The van der Waals surface area contributed by atoms with Crippen LogP contribution in [0.3, 0.4) is 0 Å². The Morgan fingerprint density at radius 1 is 1.45 bits per heavy atom. The molecule has 0 radical (unpaired) electrons. The summed E-state index contributed by atoms with van der Waals surface area (Å²) in [6, 6.07) is 0. The van der Waals surface area contributed by atoms with Crippen LogP contribution >= 0.6 is 0 Å². The van der Waals surface area contributed by atoms with E-state index in [1.165, 1.54) is 7.11 Å². The van der Waals surface area contributed by atoms with Gasteiger partial charge in [0.15, 0.2) is 5.69 Å². The zero-order chi connectivity index (χ0) is 14.7. The number of esters is 1. The molecular weight excluding hydrogens is 262 g/mol. The molecule has 20 heavy (non-hydrogen) atoms. The first kappa shape index (κ1) is 14.2. The van der Waals surface area contributed by atoms with Crippen molar-refractivity contribution < 1.29 is 13.9 Å². The van der Waals surface area contributed by atoms with Gasteiger partial charge in [0.25, 0.3) is 0 Å². The van der Waals surface area contributed by atoms with Crippen LogP contribution in [0.1, 0.15) is 33.5 Å². The van der Waals surface area contributed by atoms with Crippen LogP contribution in [0.25, 0.3) is 0 Å². The van der Waals surface area contributed by atoms with Crippen molar-refractivity contribution in [3.05, 3.63) is 28.7 Å². The van der Waals surface area contributed by atoms with E-state index < -0.39 is 5.97 Å². The van der Waals surface area contributed by atoms with E-state index in [0.29, 0.717) is 31.1 Å². The lowest BCUT2D eigenvalue weighted by Gasteiger charge is -2.04. The molecule has 2 N–H and O–H groups in total. The third kappa shape index (κ3) is 2.69. The first-order valence-corrected chi connectivity index (χ1v) is 6.20. The number of aromatic nitrogens is 4. The number of rotatable bonds is 5. The van der Waals surface area contributed by atoms with Crippen molar-refractivity contribution in [1.29, 1.82) is 0 Å². The number of carbonyl (C=O) groups excluding carboxylic acids is 1. The molecule has 0 fully saturated rings. The van der Waals surface area contributed by atoms with Gasteiger partial charge < -0.3 is 14.9 Å². The molecule has 2 aromatic heterocycles. The minimum atomic E-state index is -0.528. The third-order valence-corrected chi connectivity index (χ3v) is 2.96. The number of ether oxygens (including phenoxy) is 1. The lowest BCUT2D eigenvalue weighted by Crippen LogP contribution is -2.15. The first-order valence-electron chi connectivity index (χ1n) is 6.20. The van der Waals surface area contributed by atoms with E-state index in [-0.39, 0.29) is 5.69 Å². The van der Waals surface area contributed by atoms with Crippen LogP contribution < -0.4 is 5.73 Å². The molecule has 108 valence electrons. The van der Waals surface area contributed by atoms with Crippen LogP contribution in [-0.4, -0.2) is 39.6 Å². The Morgan fingerprint density at radius 3 is 2.75 bits per heavy atom. The van der Waals surface area contributed by atoms with E-state index in [9.17, 15) is 4.79 Å². The minimum Gasteiger partial charge on any atom is -0.464 e. The highest BCUT2D eigenvalue weighted by molar-refractivity contribution is 5.88. The highest BCUT2D eigenvalue weighted by atomic mass is 16.5. The van der Waals surface area contributed by atoms with Crippen LogP contribution in [0, 0.1) is 13.8 Å². The molecule has 0 aromatic carbocycles. The molecule has 0 aliphatic rings. The van der Waals surface area contributed by atoms with Gasteiger partial charge in [0.2, 0.25) is 5.89 Å². The number of hydrogen-bond donors (Lipinski definition) is 1. The quantitative estimate of drug-likeness (QED) is 0.779. The Bertz CT molecular complexity index is 597. The summed E-state index contributed by atoms with van der Waals surface area (Å²) in [7, 11) is 1.30. The summed E-state index contributed by atoms with van der Waals surface area (Å²) in [6.07, 6.45) is 0.468. The Kier molecular flexibility index (Phi) is 4.14. The van der Waals surface area contributed by atoms with Crippen LogP contribution in [0.4, 0.5) is 0 Å². The standard InChI is InChI=1S/C12H17N5O3/c1-7-8(2)20-10(14-7)6-17-9(4-5-13)11(15-16-17)12(18)19-3/h4-6,13H2,1-3H3. The molecular formula is C12H17N5O3. The van der Waals surface area contributed by atoms with Crippen LogP contribution in [0.2, 0.25) is 0 Å². The summed E-state index contributed by atoms with van der Waals surface area (Å²) in [4.78, 5) is 15.9. The molecule has 0 aliphatic carbocycles. The zero-order valence-corrected chi connectivity index (χ0v) is 11.7. The first-order chi connectivity index (χ1) is 9.56. The van der Waals surface area contributed by atoms with E-state index in [4.69, 9.17) is 10.2 Å². The summed E-state index contributed by atoms with van der Waals surface area (Å²) >= 11 is 0. The summed E-state index contributed by atoms with van der Waals surface area (Å²) in [6.45, 7) is 4.38. The number of oxazole rings is 1. The normalized spacial score (nSPS) is 10.8. The summed E-state index contributed by atoms with van der Waals surface area (Å²) in [5.41, 5.74) is 7.19. The second-order valence-electron chi connectivity index (χ2n) is 4.32. The van der Waals surface area contributed by atoms with Crippen molar-refractivity contribution in [2.24, 2.45) is 5.73 Å². The van der Waals surface area contributed by atoms with Gasteiger partial charge in [-0.3, -0.25) is 0 Å². The predicted molar refractivity (Wildman–Crippen MR) is 69.2 cm³/mol. The fourth-order valence-electron chi connectivity index (χ4n) is 1.83. The number of nitrogens with zero attached hydrogens (tertiary/aromatic N) is 4. The Hall–Kier alpha value is -2.22. The fraction of sp³-hybridized carbons (Fsp3) is 0.500. The Morgan fingerprint density at radius 2 is 2.20 bits per heavy atom. The topological polar surface area (TPSA) is 109 Å². The summed E-state index contributed by atoms with van der Waals surface area (Å²) < 4.78 is 11.7. The maximum atomic E-state index is 11.6. The number of methoxy groups -OCH3 is 1. The summed E-state index contributed by atoms with van der Waals surface area (Å²) in [5.74, 6) is 0.743. The van der Waals surface area contributed by atoms with Gasteiger partial charge in [0, 0.05) is 6.42 Å². The van der Waals surface area contributed by atoms with Gasteiger partial charge >= 0.3 is 5.97 Å². The lowest BCUT2D eigenvalue weighted by atomic mass is 10.2. The Balaban J connectivity index is 2.31. The van der Waals surface area contributed by atoms with Gasteiger partial charge in [-0.2, -0.15) is 0 Å². The maximum Gasteiger partial charge on any atom is 0.360 e. The molecule has 0 bridgehead atoms. The number of carbonyl (C=O) groups is 1. The molecule has 2 heterocycles. The molecule has 0 spiro atoms. The monoisotopic (exact) mass is 279 g/mol. The Labute approximate surface area is 115 Å². The van der Waals surface area contributed by atoms with Crippen LogP contribution in [0.15, 0.2) is 4.42 Å². The van der Waals surface area contributed by atoms with E-state index in [0.717, 1.165) is 11.5 Å². The molecule has 8 nitrogen and oxygen atoms in total. The second kappa shape index (κ2) is 5.83. The maximum absolute atomic E-state index is 11.6. The average molecular weight is 279 g/mol. The number of nitrogens with two attached hydrogens (primary N) is 1. The molecule has 0 aliphatic heterocycles. The molecule has 0 saturated heterocycles. The SMILES string of the molecule is COC(=O)c1nnn(Cc2nc(C)c(C)o2)c1CCN. The van der Waals surface area contributed by atoms with Crippen LogP contribution in [-0.2, 0) is 17.7 Å². The van der Waals surface area contributed by atoms with Crippen molar-refractivity contribution in [1.82, 2.24) is 20.0 Å². The second-order valence-corrected chi connectivity index (χ2v) is 4.32.